The molecule has 2 N–H and O–H groups in total. The minimum absolute atomic E-state index is 0.00595. The Labute approximate surface area is 202 Å². The van der Waals surface area contributed by atoms with Crippen LogP contribution in [0.15, 0.2) is 77.7 Å². The molecule has 0 fully saturated rings. The molecular weight excluding hydrogens is 485 g/mol. The van der Waals surface area contributed by atoms with Crippen LogP contribution in [-0.4, -0.2) is 31.1 Å². The Hall–Kier alpha value is -2.91. The molecule has 0 aliphatic rings. The summed E-state index contributed by atoms with van der Waals surface area (Å²) >= 11 is 12.1. The van der Waals surface area contributed by atoms with E-state index in [0.717, 1.165) is 4.31 Å². The molecule has 0 saturated heterocycles. The summed E-state index contributed by atoms with van der Waals surface area (Å²) in [6.45, 7) is 0.901. The number of nitrogens with one attached hydrogen (secondary N) is 2. The molecule has 10 heteroatoms. The third-order valence-corrected chi connectivity index (χ3v) is 7.03. The van der Waals surface area contributed by atoms with Crippen LogP contribution in [0.3, 0.4) is 0 Å². The Morgan fingerprint density at radius 2 is 1.48 bits per heavy atom. The van der Waals surface area contributed by atoms with E-state index in [2.05, 4.69) is 10.6 Å². The maximum Gasteiger partial charge on any atom is 0.245 e. The third-order valence-electron chi connectivity index (χ3n) is 4.52. The van der Waals surface area contributed by atoms with E-state index in [1.807, 2.05) is 6.07 Å². The number of amides is 2. The van der Waals surface area contributed by atoms with Gasteiger partial charge >= 0.3 is 0 Å². The van der Waals surface area contributed by atoms with Crippen molar-refractivity contribution in [3.8, 4) is 0 Å². The number of benzene rings is 3. The van der Waals surface area contributed by atoms with Crippen molar-refractivity contribution in [3.63, 3.8) is 0 Å². The van der Waals surface area contributed by atoms with Crippen molar-refractivity contribution in [2.24, 2.45) is 0 Å². The minimum atomic E-state index is -4.15. The average molecular weight is 506 g/mol. The second-order valence-electron chi connectivity index (χ2n) is 7.14. The average Bonchev–Trinajstić information content (AvgIpc) is 2.76. The summed E-state index contributed by atoms with van der Waals surface area (Å²) in [5.74, 6) is -0.756. The number of hydrogen-bond acceptors (Lipinski definition) is 4. The number of carbonyl (C=O) groups is 2. The molecule has 0 aromatic heterocycles. The Balaban J connectivity index is 1.84. The normalized spacial score (nSPS) is 11.3. The molecule has 0 spiro atoms. The molecule has 3 rings (SSSR count). The van der Waals surface area contributed by atoms with E-state index in [-0.39, 0.29) is 27.4 Å². The molecule has 0 radical (unpaired) electrons. The largest absolute Gasteiger partial charge is 0.326 e. The van der Waals surface area contributed by atoms with Gasteiger partial charge in [0.25, 0.3) is 0 Å². The first-order chi connectivity index (χ1) is 15.6. The van der Waals surface area contributed by atoms with Gasteiger partial charge in [-0.15, -0.1) is 0 Å². The first-order valence-corrected chi connectivity index (χ1v) is 12.0. The smallest absolute Gasteiger partial charge is 0.245 e. The molecule has 0 atom stereocenters. The van der Waals surface area contributed by atoms with E-state index in [0.29, 0.717) is 16.9 Å². The first kappa shape index (κ1) is 24.7. The van der Waals surface area contributed by atoms with Crippen LogP contribution in [0.4, 0.5) is 11.4 Å². The first-order valence-electron chi connectivity index (χ1n) is 9.82. The van der Waals surface area contributed by atoms with E-state index in [1.54, 1.807) is 48.5 Å². The summed E-state index contributed by atoms with van der Waals surface area (Å²) in [6, 6.07) is 19.5. The van der Waals surface area contributed by atoms with E-state index in [4.69, 9.17) is 23.2 Å². The highest BCUT2D eigenvalue weighted by molar-refractivity contribution is 7.89. The van der Waals surface area contributed by atoms with Gasteiger partial charge in [-0.3, -0.25) is 9.59 Å². The lowest BCUT2D eigenvalue weighted by molar-refractivity contribution is -0.116. The molecule has 33 heavy (non-hydrogen) atoms. The summed E-state index contributed by atoms with van der Waals surface area (Å²) in [7, 11) is -4.15. The lowest BCUT2D eigenvalue weighted by Gasteiger charge is -2.22. The molecule has 0 heterocycles. The zero-order chi connectivity index (χ0) is 24.0. The molecule has 0 bridgehead atoms. The van der Waals surface area contributed by atoms with Crippen LogP contribution in [-0.2, 0) is 26.2 Å². The van der Waals surface area contributed by atoms with Crippen LogP contribution >= 0.6 is 23.2 Å². The molecule has 7 nitrogen and oxygen atoms in total. The number of hydrogen-bond donors (Lipinski definition) is 2. The highest BCUT2D eigenvalue weighted by Gasteiger charge is 2.29. The summed E-state index contributed by atoms with van der Waals surface area (Å²) in [4.78, 5) is 23.7. The van der Waals surface area contributed by atoms with Crippen molar-refractivity contribution in [1.82, 2.24) is 4.31 Å². The fourth-order valence-electron chi connectivity index (χ4n) is 3.03. The SMILES string of the molecule is CC(=O)Nc1ccc(NC(=O)CN(Cc2ccccc2)S(=O)(=O)c2cc(Cl)ccc2Cl)cc1. The molecule has 0 unspecified atom stereocenters. The Morgan fingerprint density at radius 3 is 2.09 bits per heavy atom. The molecule has 0 saturated carbocycles. The highest BCUT2D eigenvalue weighted by atomic mass is 35.5. The van der Waals surface area contributed by atoms with Gasteiger partial charge in [-0.05, 0) is 48.0 Å². The second-order valence-corrected chi connectivity index (χ2v) is 9.89. The quantitative estimate of drug-likeness (QED) is 0.460. The third kappa shape index (κ3) is 6.79. The topological polar surface area (TPSA) is 95.6 Å². The summed E-state index contributed by atoms with van der Waals surface area (Å²) in [5.41, 5.74) is 1.73. The summed E-state index contributed by atoms with van der Waals surface area (Å²) < 4.78 is 27.9. The van der Waals surface area contributed by atoms with Crippen LogP contribution in [0.25, 0.3) is 0 Å². The number of rotatable bonds is 8. The zero-order valence-corrected chi connectivity index (χ0v) is 19.9. The van der Waals surface area contributed by atoms with Crippen molar-refractivity contribution < 1.29 is 18.0 Å². The number of sulfonamides is 1. The van der Waals surface area contributed by atoms with E-state index in [1.165, 1.54) is 25.1 Å². The summed E-state index contributed by atoms with van der Waals surface area (Å²) in [5, 5.41) is 5.52. The van der Waals surface area contributed by atoms with Gasteiger partial charge in [0.05, 0.1) is 11.6 Å². The van der Waals surface area contributed by atoms with E-state index >= 15 is 0 Å². The Morgan fingerprint density at radius 1 is 0.879 bits per heavy atom. The van der Waals surface area contributed by atoms with Crippen molar-refractivity contribution in [3.05, 3.63) is 88.4 Å². The minimum Gasteiger partial charge on any atom is -0.326 e. The van der Waals surface area contributed by atoms with Crippen molar-refractivity contribution >= 4 is 56.4 Å². The Bertz CT molecular complexity index is 1250. The van der Waals surface area contributed by atoms with Crippen molar-refractivity contribution in [2.45, 2.75) is 18.4 Å². The Kier molecular flexibility index (Phi) is 8.10. The molecule has 172 valence electrons. The van der Waals surface area contributed by atoms with Gasteiger partial charge in [-0.25, -0.2) is 8.42 Å². The summed E-state index contributed by atoms with van der Waals surface area (Å²) in [6.07, 6.45) is 0. The fraction of sp³-hybridized carbons (Fsp3) is 0.130. The molecule has 3 aromatic carbocycles. The lowest BCUT2D eigenvalue weighted by Crippen LogP contribution is -2.37. The van der Waals surface area contributed by atoms with E-state index in [9.17, 15) is 18.0 Å². The van der Waals surface area contributed by atoms with Gasteiger partial charge in [0.15, 0.2) is 0 Å². The standard InChI is InChI=1S/C23H21Cl2N3O4S/c1-16(29)26-19-8-10-20(11-9-19)27-23(30)15-28(14-17-5-3-2-4-6-17)33(31,32)22-13-18(24)7-12-21(22)25/h2-13H,14-15H2,1H3,(H,26,29)(H,27,30). The van der Waals surface area contributed by atoms with Gasteiger partial charge < -0.3 is 10.6 Å². The van der Waals surface area contributed by atoms with Crippen LogP contribution in [0.2, 0.25) is 10.0 Å². The van der Waals surface area contributed by atoms with Crippen LogP contribution in [0.5, 0.6) is 0 Å². The molecule has 0 aliphatic carbocycles. The maximum atomic E-state index is 13.4. The van der Waals surface area contributed by atoms with Crippen LogP contribution < -0.4 is 10.6 Å². The molecule has 3 aromatic rings. The predicted octanol–water partition coefficient (Wildman–Crippen LogP) is 4.78. The van der Waals surface area contributed by atoms with Crippen molar-refractivity contribution in [2.75, 3.05) is 17.2 Å². The molecular formula is C23H21Cl2N3O4S. The van der Waals surface area contributed by atoms with E-state index < -0.39 is 22.5 Å². The fourth-order valence-corrected chi connectivity index (χ4v) is 5.15. The molecule has 0 aliphatic heterocycles. The predicted molar refractivity (Wildman–Crippen MR) is 130 cm³/mol. The van der Waals surface area contributed by atoms with Gasteiger partial charge in [-0.1, -0.05) is 53.5 Å². The number of carbonyl (C=O) groups excluding carboxylic acids is 2. The highest BCUT2D eigenvalue weighted by Crippen LogP contribution is 2.28. The van der Waals surface area contributed by atoms with Crippen LogP contribution in [0, 0.1) is 0 Å². The lowest BCUT2D eigenvalue weighted by atomic mass is 10.2. The monoisotopic (exact) mass is 505 g/mol. The number of anilines is 2. The maximum absolute atomic E-state index is 13.4. The van der Waals surface area contributed by atoms with Crippen molar-refractivity contribution in [1.29, 1.82) is 0 Å². The van der Waals surface area contributed by atoms with Crippen LogP contribution in [0.1, 0.15) is 12.5 Å². The second kappa shape index (κ2) is 10.8. The van der Waals surface area contributed by atoms with Gasteiger partial charge in [0.2, 0.25) is 21.8 Å². The zero-order valence-electron chi connectivity index (χ0n) is 17.6. The number of nitrogens with zero attached hydrogens (tertiary/aromatic N) is 1. The van der Waals surface area contributed by atoms with Gasteiger partial charge in [0, 0.05) is 29.9 Å². The molecule has 2 amide bonds. The number of halogens is 2. The van der Waals surface area contributed by atoms with Gasteiger partial charge in [-0.2, -0.15) is 4.31 Å². The van der Waals surface area contributed by atoms with Gasteiger partial charge in [0.1, 0.15) is 4.90 Å².